The van der Waals surface area contributed by atoms with Crippen LogP contribution in [0.2, 0.25) is 0 Å². The highest BCUT2D eigenvalue weighted by Crippen LogP contribution is 2.13. The molecule has 6 heteroatoms. The van der Waals surface area contributed by atoms with Gasteiger partial charge in [-0.1, -0.05) is 201 Å². The van der Waals surface area contributed by atoms with Crippen molar-refractivity contribution in [2.75, 3.05) is 13.2 Å². The molecule has 0 spiro atoms. The standard InChI is InChI=1S/C56H92O6/c1-4-7-10-13-16-18-20-22-24-26-28-30-32-34-36-38-40-43-46-49-55(58)61-52-53(51-60-54(57)48-45-42-15-12-9-6-3)62-56(59)50-47-44-41-39-37-35-33-31-29-27-25-23-21-19-17-14-11-8-5-2/h7-8,10-11,16-19,22-25,28-31,53H,4-6,9,12-15,20-21,26-27,32-52H2,1-3H3/b10-7-,11-8-,18-16-,19-17-,24-22-,25-23-,30-28-,31-29-. The van der Waals surface area contributed by atoms with E-state index < -0.39 is 6.10 Å². The molecule has 6 nitrogen and oxygen atoms in total. The molecule has 0 aliphatic heterocycles. The van der Waals surface area contributed by atoms with Crippen LogP contribution < -0.4 is 0 Å². The molecule has 0 aliphatic carbocycles. The lowest BCUT2D eigenvalue weighted by molar-refractivity contribution is -0.167. The van der Waals surface area contributed by atoms with E-state index in [0.717, 1.165) is 135 Å². The average molecular weight is 861 g/mol. The number of hydrogen-bond acceptors (Lipinski definition) is 6. The molecule has 0 saturated heterocycles. The zero-order chi connectivity index (χ0) is 45.1. The zero-order valence-corrected chi connectivity index (χ0v) is 40.1. The molecule has 0 fully saturated rings. The van der Waals surface area contributed by atoms with Crippen molar-refractivity contribution in [1.29, 1.82) is 0 Å². The Labute approximate surface area is 381 Å². The van der Waals surface area contributed by atoms with E-state index >= 15 is 0 Å². The zero-order valence-electron chi connectivity index (χ0n) is 40.1. The summed E-state index contributed by atoms with van der Waals surface area (Å²) in [5.74, 6) is -0.932. The van der Waals surface area contributed by atoms with E-state index in [-0.39, 0.29) is 31.1 Å². The normalized spacial score (nSPS) is 12.9. The van der Waals surface area contributed by atoms with Gasteiger partial charge in [0.15, 0.2) is 6.10 Å². The first-order valence-corrected chi connectivity index (χ1v) is 25.2. The SMILES string of the molecule is CC/C=C\C/C=C\C/C=C\C/C=C\CCCCCCCCC(=O)OCC(COC(=O)CCCCCCCC)OC(=O)CCCCCCCC/C=C\C/C=C\C/C=C\C/C=C\CC. The summed E-state index contributed by atoms with van der Waals surface area (Å²) in [5.41, 5.74) is 0. The Bertz CT molecular complexity index is 1260. The molecule has 0 N–H and O–H groups in total. The van der Waals surface area contributed by atoms with Crippen molar-refractivity contribution in [3.8, 4) is 0 Å². The second-order valence-electron chi connectivity index (χ2n) is 16.3. The van der Waals surface area contributed by atoms with Gasteiger partial charge < -0.3 is 14.2 Å². The maximum Gasteiger partial charge on any atom is 0.306 e. The van der Waals surface area contributed by atoms with Crippen LogP contribution in [0.5, 0.6) is 0 Å². The van der Waals surface area contributed by atoms with Crippen molar-refractivity contribution in [2.45, 2.75) is 226 Å². The van der Waals surface area contributed by atoms with Gasteiger partial charge in [-0.25, -0.2) is 0 Å². The van der Waals surface area contributed by atoms with Gasteiger partial charge in [0.1, 0.15) is 13.2 Å². The second kappa shape index (κ2) is 50.0. The lowest BCUT2D eigenvalue weighted by Gasteiger charge is -2.18. The molecule has 0 amide bonds. The van der Waals surface area contributed by atoms with Crippen LogP contribution in [0.25, 0.3) is 0 Å². The minimum absolute atomic E-state index is 0.0894. The molecule has 62 heavy (non-hydrogen) atoms. The Morgan fingerprint density at radius 1 is 0.339 bits per heavy atom. The quantitative estimate of drug-likeness (QED) is 0.0263. The summed E-state index contributed by atoms with van der Waals surface area (Å²) < 4.78 is 16.7. The largest absolute Gasteiger partial charge is 0.462 e. The molecule has 0 aliphatic rings. The van der Waals surface area contributed by atoms with E-state index in [1.807, 2.05) is 0 Å². The third kappa shape index (κ3) is 47.4. The van der Waals surface area contributed by atoms with Crippen LogP contribution >= 0.6 is 0 Å². The molecule has 0 aromatic carbocycles. The van der Waals surface area contributed by atoms with Crippen molar-refractivity contribution in [3.05, 3.63) is 97.2 Å². The summed E-state index contributed by atoms with van der Waals surface area (Å²) >= 11 is 0. The number of carbonyl (C=O) groups is 3. The number of ether oxygens (including phenoxy) is 3. The van der Waals surface area contributed by atoms with Gasteiger partial charge in [-0.3, -0.25) is 14.4 Å². The van der Waals surface area contributed by atoms with E-state index in [0.29, 0.717) is 19.3 Å². The van der Waals surface area contributed by atoms with E-state index in [9.17, 15) is 14.4 Å². The maximum atomic E-state index is 12.8. The fraction of sp³-hybridized carbons (Fsp3) is 0.661. The first-order chi connectivity index (χ1) is 30.5. The summed E-state index contributed by atoms with van der Waals surface area (Å²) in [7, 11) is 0. The number of allylic oxidation sites excluding steroid dienone is 16. The van der Waals surface area contributed by atoms with Crippen LogP contribution in [0.4, 0.5) is 0 Å². The third-order valence-electron chi connectivity index (χ3n) is 10.3. The molecule has 1 atom stereocenters. The first kappa shape index (κ1) is 58.3. The molecule has 1 unspecified atom stereocenters. The van der Waals surface area contributed by atoms with Crippen molar-refractivity contribution in [3.63, 3.8) is 0 Å². The summed E-state index contributed by atoms with van der Waals surface area (Å²) in [4.78, 5) is 37.7. The minimum Gasteiger partial charge on any atom is -0.462 e. The summed E-state index contributed by atoms with van der Waals surface area (Å²) in [6.45, 7) is 6.32. The molecule has 0 heterocycles. The molecule has 0 bridgehead atoms. The number of rotatable bonds is 44. The summed E-state index contributed by atoms with van der Waals surface area (Å²) in [6.07, 6.45) is 65.5. The fourth-order valence-electron chi connectivity index (χ4n) is 6.60. The first-order valence-electron chi connectivity index (χ1n) is 25.2. The predicted octanol–water partition coefficient (Wildman–Crippen LogP) is 16.6. The van der Waals surface area contributed by atoms with Gasteiger partial charge >= 0.3 is 17.9 Å². The highest BCUT2D eigenvalue weighted by molar-refractivity contribution is 5.71. The Hall–Kier alpha value is -3.67. The molecular formula is C56H92O6. The van der Waals surface area contributed by atoms with E-state index in [1.165, 1.54) is 44.9 Å². The molecule has 0 radical (unpaired) electrons. The summed E-state index contributed by atoms with van der Waals surface area (Å²) in [5, 5.41) is 0. The van der Waals surface area contributed by atoms with Crippen LogP contribution in [-0.2, 0) is 28.6 Å². The highest BCUT2D eigenvalue weighted by Gasteiger charge is 2.19. The number of hydrogen-bond donors (Lipinski definition) is 0. The molecule has 0 aromatic heterocycles. The minimum atomic E-state index is -0.788. The van der Waals surface area contributed by atoms with E-state index in [4.69, 9.17) is 14.2 Å². The Morgan fingerprint density at radius 2 is 0.629 bits per heavy atom. The van der Waals surface area contributed by atoms with E-state index in [2.05, 4.69) is 118 Å². The van der Waals surface area contributed by atoms with Gasteiger partial charge in [0, 0.05) is 19.3 Å². The second-order valence-corrected chi connectivity index (χ2v) is 16.3. The number of unbranched alkanes of at least 4 members (excludes halogenated alkanes) is 17. The Morgan fingerprint density at radius 3 is 0.984 bits per heavy atom. The number of esters is 3. The molecule has 352 valence electrons. The molecule has 0 saturated carbocycles. The van der Waals surface area contributed by atoms with Crippen molar-refractivity contribution in [2.24, 2.45) is 0 Å². The van der Waals surface area contributed by atoms with Gasteiger partial charge in [-0.15, -0.1) is 0 Å². The van der Waals surface area contributed by atoms with Crippen LogP contribution in [0.1, 0.15) is 220 Å². The van der Waals surface area contributed by atoms with Crippen LogP contribution in [-0.4, -0.2) is 37.2 Å². The third-order valence-corrected chi connectivity index (χ3v) is 10.3. The van der Waals surface area contributed by atoms with Gasteiger partial charge in [0.2, 0.25) is 0 Å². The lowest BCUT2D eigenvalue weighted by atomic mass is 10.1. The van der Waals surface area contributed by atoms with Crippen LogP contribution in [0.15, 0.2) is 97.2 Å². The Kier molecular flexibility index (Phi) is 47.0. The average Bonchev–Trinajstić information content (AvgIpc) is 3.27. The summed E-state index contributed by atoms with van der Waals surface area (Å²) in [6, 6.07) is 0. The maximum absolute atomic E-state index is 12.8. The molecule has 0 rings (SSSR count). The number of carbonyl (C=O) groups excluding carboxylic acids is 3. The topological polar surface area (TPSA) is 78.9 Å². The van der Waals surface area contributed by atoms with E-state index in [1.54, 1.807) is 0 Å². The van der Waals surface area contributed by atoms with Crippen molar-refractivity contribution in [1.82, 2.24) is 0 Å². The lowest BCUT2D eigenvalue weighted by Crippen LogP contribution is -2.30. The van der Waals surface area contributed by atoms with Gasteiger partial charge in [0.25, 0.3) is 0 Å². The van der Waals surface area contributed by atoms with Gasteiger partial charge in [-0.05, 0) is 96.3 Å². The van der Waals surface area contributed by atoms with Gasteiger partial charge in [-0.2, -0.15) is 0 Å². The van der Waals surface area contributed by atoms with Crippen molar-refractivity contribution < 1.29 is 28.6 Å². The predicted molar refractivity (Wildman–Crippen MR) is 265 cm³/mol. The monoisotopic (exact) mass is 861 g/mol. The molecule has 0 aromatic rings. The molecular weight excluding hydrogens is 769 g/mol. The van der Waals surface area contributed by atoms with Crippen molar-refractivity contribution >= 4 is 17.9 Å². The smallest absolute Gasteiger partial charge is 0.306 e. The highest BCUT2D eigenvalue weighted by atomic mass is 16.6. The van der Waals surface area contributed by atoms with Crippen LogP contribution in [0.3, 0.4) is 0 Å². The van der Waals surface area contributed by atoms with Crippen LogP contribution in [0, 0.1) is 0 Å². The Balaban J connectivity index is 4.29. The fourth-order valence-corrected chi connectivity index (χ4v) is 6.60. The van der Waals surface area contributed by atoms with Gasteiger partial charge in [0.05, 0.1) is 0 Å².